The molecule has 110 valence electrons. The summed E-state index contributed by atoms with van der Waals surface area (Å²) < 4.78 is 1.06. The molecule has 0 aromatic heterocycles. The van der Waals surface area contributed by atoms with Crippen LogP contribution in [0.3, 0.4) is 0 Å². The molecule has 6 heteroatoms. The Morgan fingerprint density at radius 1 is 1.35 bits per heavy atom. The molecule has 0 aliphatic rings. The van der Waals surface area contributed by atoms with Crippen LogP contribution in [-0.4, -0.2) is 23.7 Å². The van der Waals surface area contributed by atoms with E-state index < -0.39 is 5.97 Å². The standard InChI is InChI=1S/C14H19IN2O3/c1-10(5-6-13(18)19)7-8-16-14(20)17-12-4-2-3-11(15)9-12/h2-4,9-10H,5-8H2,1H3,(H,18,19)(H2,16,17,20). The van der Waals surface area contributed by atoms with Crippen LogP contribution in [0.4, 0.5) is 10.5 Å². The number of rotatable bonds is 7. The molecule has 2 amide bonds. The van der Waals surface area contributed by atoms with Crippen LogP contribution in [-0.2, 0) is 4.79 Å². The minimum absolute atomic E-state index is 0.176. The third-order valence-electron chi connectivity index (χ3n) is 2.86. The number of carboxylic acids is 1. The van der Waals surface area contributed by atoms with Crippen LogP contribution in [0.15, 0.2) is 24.3 Å². The van der Waals surface area contributed by atoms with Gasteiger partial charge in [-0.1, -0.05) is 13.0 Å². The van der Waals surface area contributed by atoms with Gasteiger partial charge in [0.1, 0.15) is 0 Å². The highest BCUT2D eigenvalue weighted by Crippen LogP contribution is 2.12. The number of hydrogen-bond acceptors (Lipinski definition) is 2. The molecule has 0 heterocycles. The summed E-state index contributed by atoms with van der Waals surface area (Å²) >= 11 is 2.18. The first-order valence-corrected chi connectivity index (χ1v) is 7.57. The monoisotopic (exact) mass is 390 g/mol. The number of halogens is 1. The van der Waals surface area contributed by atoms with Crippen LogP contribution in [0.25, 0.3) is 0 Å². The quantitative estimate of drug-likeness (QED) is 0.626. The van der Waals surface area contributed by atoms with Gasteiger partial charge >= 0.3 is 12.0 Å². The molecule has 0 bridgehead atoms. The number of carboxylic acid groups (broad SMARTS) is 1. The summed E-state index contributed by atoms with van der Waals surface area (Å²) in [6, 6.07) is 7.31. The number of benzene rings is 1. The largest absolute Gasteiger partial charge is 0.481 e. The van der Waals surface area contributed by atoms with Crippen LogP contribution < -0.4 is 10.6 Å². The van der Waals surface area contributed by atoms with Gasteiger partial charge in [-0.15, -0.1) is 0 Å². The summed E-state index contributed by atoms with van der Waals surface area (Å²) in [4.78, 5) is 22.1. The van der Waals surface area contributed by atoms with E-state index in [2.05, 4.69) is 33.2 Å². The molecule has 1 aromatic carbocycles. The summed E-state index contributed by atoms with van der Waals surface area (Å²) in [7, 11) is 0. The molecule has 1 unspecified atom stereocenters. The minimum atomic E-state index is -0.777. The lowest BCUT2D eigenvalue weighted by Gasteiger charge is -2.11. The van der Waals surface area contributed by atoms with Gasteiger partial charge in [-0.2, -0.15) is 0 Å². The van der Waals surface area contributed by atoms with Crippen LogP contribution in [0.2, 0.25) is 0 Å². The van der Waals surface area contributed by atoms with E-state index in [9.17, 15) is 9.59 Å². The third-order valence-corrected chi connectivity index (χ3v) is 3.53. The average Bonchev–Trinajstić information content (AvgIpc) is 2.36. The number of carbonyl (C=O) groups is 2. The maximum absolute atomic E-state index is 11.7. The van der Waals surface area contributed by atoms with Crippen molar-refractivity contribution in [2.45, 2.75) is 26.2 Å². The van der Waals surface area contributed by atoms with E-state index in [0.29, 0.717) is 13.0 Å². The maximum Gasteiger partial charge on any atom is 0.319 e. The Labute approximate surface area is 132 Å². The van der Waals surface area contributed by atoms with Crippen LogP contribution >= 0.6 is 22.6 Å². The van der Waals surface area contributed by atoms with Gasteiger partial charge in [0, 0.05) is 22.2 Å². The SMILES string of the molecule is CC(CCNC(=O)Nc1cccc(I)c1)CCC(=O)O. The van der Waals surface area contributed by atoms with Crippen LogP contribution in [0.1, 0.15) is 26.2 Å². The van der Waals surface area contributed by atoms with E-state index >= 15 is 0 Å². The third kappa shape index (κ3) is 7.32. The number of carbonyl (C=O) groups excluding carboxylic acids is 1. The normalized spacial score (nSPS) is 11.7. The van der Waals surface area contributed by atoms with Gasteiger partial charge in [-0.25, -0.2) is 4.79 Å². The van der Waals surface area contributed by atoms with Crippen molar-refractivity contribution in [1.29, 1.82) is 0 Å². The van der Waals surface area contributed by atoms with Gasteiger partial charge in [-0.3, -0.25) is 4.79 Å². The molecule has 0 spiro atoms. The second kappa shape index (κ2) is 8.78. The summed E-state index contributed by atoms with van der Waals surface area (Å²) in [5.41, 5.74) is 0.758. The van der Waals surface area contributed by atoms with Gasteiger partial charge in [-0.05, 0) is 59.5 Å². The summed E-state index contributed by atoms with van der Waals surface area (Å²) in [5.74, 6) is -0.495. The highest BCUT2D eigenvalue weighted by atomic mass is 127. The fourth-order valence-electron chi connectivity index (χ4n) is 1.69. The Kier molecular flexibility index (Phi) is 7.35. The van der Waals surface area contributed by atoms with E-state index in [1.807, 2.05) is 31.2 Å². The predicted octanol–water partition coefficient (Wildman–Crippen LogP) is 3.30. The Morgan fingerprint density at radius 2 is 2.10 bits per heavy atom. The lowest BCUT2D eigenvalue weighted by Crippen LogP contribution is -2.30. The number of hydrogen-bond donors (Lipinski definition) is 3. The van der Waals surface area contributed by atoms with Crippen molar-refractivity contribution in [2.24, 2.45) is 5.92 Å². The number of aliphatic carboxylic acids is 1. The second-order valence-corrected chi connectivity index (χ2v) is 5.96. The van der Waals surface area contributed by atoms with Crippen molar-refractivity contribution >= 4 is 40.3 Å². The zero-order chi connectivity index (χ0) is 15.0. The highest BCUT2D eigenvalue weighted by molar-refractivity contribution is 14.1. The summed E-state index contributed by atoms with van der Waals surface area (Å²) in [6.45, 7) is 2.53. The van der Waals surface area contributed by atoms with E-state index in [0.717, 1.165) is 15.7 Å². The molecule has 0 saturated carbocycles. The molecule has 5 nitrogen and oxygen atoms in total. The second-order valence-electron chi connectivity index (χ2n) is 4.72. The Morgan fingerprint density at radius 3 is 2.75 bits per heavy atom. The van der Waals surface area contributed by atoms with E-state index in [4.69, 9.17) is 5.11 Å². The smallest absolute Gasteiger partial charge is 0.319 e. The van der Waals surface area contributed by atoms with Gasteiger partial charge in [0.25, 0.3) is 0 Å². The van der Waals surface area contributed by atoms with Gasteiger partial charge < -0.3 is 15.7 Å². The zero-order valence-corrected chi connectivity index (χ0v) is 13.5. The lowest BCUT2D eigenvalue weighted by molar-refractivity contribution is -0.137. The zero-order valence-electron chi connectivity index (χ0n) is 11.4. The van der Waals surface area contributed by atoms with Gasteiger partial charge in [0.05, 0.1) is 0 Å². The molecule has 20 heavy (non-hydrogen) atoms. The molecule has 0 aliphatic heterocycles. The Hall–Kier alpha value is -1.31. The van der Waals surface area contributed by atoms with Crippen LogP contribution in [0.5, 0.6) is 0 Å². The molecular weight excluding hydrogens is 371 g/mol. The molecule has 1 rings (SSSR count). The van der Waals surface area contributed by atoms with E-state index in [1.54, 1.807) is 0 Å². The topological polar surface area (TPSA) is 78.4 Å². The number of nitrogens with one attached hydrogen (secondary N) is 2. The predicted molar refractivity (Wildman–Crippen MR) is 86.8 cm³/mol. The molecule has 1 aromatic rings. The number of amides is 2. The molecule has 1 atom stereocenters. The molecule has 0 fully saturated rings. The number of urea groups is 1. The molecular formula is C14H19IN2O3. The first kappa shape index (κ1) is 16.7. The highest BCUT2D eigenvalue weighted by Gasteiger charge is 2.07. The molecule has 0 aliphatic carbocycles. The van der Waals surface area contributed by atoms with Crippen molar-refractivity contribution in [2.75, 3.05) is 11.9 Å². The molecule has 0 saturated heterocycles. The van der Waals surface area contributed by atoms with Crippen molar-refractivity contribution in [1.82, 2.24) is 5.32 Å². The van der Waals surface area contributed by atoms with Crippen molar-refractivity contribution in [3.05, 3.63) is 27.8 Å². The Balaban J connectivity index is 2.21. The first-order valence-electron chi connectivity index (χ1n) is 6.49. The minimum Gasteiger partial charge on any atom is -0.481 e. The molecule has 0 radical (unpaired) electrons. The summed E-state index contributed by atoms with van der Waals surface area (Å²) in [5, 5.41) is 14.1. The summed E-state index contributed by atoms with van der Waals surface area (Å²) in [6.07, 6.45) is 1.58. The van der Waals surface area contributed by atoms with Crippen LogP contribution in [0, 0.1) is 9.49 Å². The molecule has 3 N–H and O–H groups in total. The van der Waals surface area contributed by atoms with Gasteiger partial charge in [0.2, 0.25) is 0 Å². The fraction of sp³-hybridized carbons (Fsp3) is 0.429. The first-order chi connectivity index (χ1) is 9.47. The fourth-order valence-corrected chi connectivity index (χ4v) is 2.23. The number of anilines is 1. The maximum atomic E-state index is 11.7. The van der Waals surface area contributed by atoms with E-state index in [-0.39, 0.29) is 18.4 Å². The Bertz CT molecular complexity index is 465. The van der Waals surface area contributed by atoms with Crippen molar-refractivity contribution in [3.8, 4) is 0 Å². The lowest BCUT2D eigenvalue weighted by atomic mass is 10.0. The van der Waals surface area contributed by atoms with Crippen molar-refractivity contribution < 1.29 is 14.7 Å². The van der Waals surface area contributed by atoms with E-state index in [1.165, 1.54) is 0 Å². The van der Waals surface area contributed by atoms with Gasteiger partial charge in [0.15, 0.2) is 0 Å². The average molecular weight is 390 g/mol. The van der Waals surface area contributed by atoms with Crippen molar-refractivity contribution in [3.63, 3.8) is 0 Å².